The van der Waals surface area contributed by atoms with Crippen LogP contribution >= 0.6 is 11.3 Å². The predicted octanol–water partition coefficient (Wildman–Crippen LogP) is 4.73. The molecule has 0 saturated heterocycles. The Labute approximate surface area is 205 Å². The maximum absolute atomic E-state index is 13.6. The standard InChI is InChI=1S/C27H31N3O3S/c1-5-19-13-15-21(16-14-19)30(23(31)18-28-25(32)22-12-9-17-34-22)24(20-10-7-6-8-11-20)26(33)29-27(2,3)4/h6-17,24H,5,18H2,1-4H3,(H,28,32)(H,29,33). The Bertz CT molecular complexity index is 1100. The zero-order valence-corrected chi connectivity index (χ0v) is 20.8. The van der Waals surface area contributed by atoms with Crippen LogP contribution in [0.25, 0.3) is 0 Å². The quantitative estimate of drug-likeness (QED) is 0.492. The first-order chi connectivity index (χ1) is 16.2. The first kappa shape index (κ1) is 25.2. The third-order valence-electron chi connectivity index (χ3n) is 5.16. The Balaban J connectivity index is 2.00. The number of thiophene rings is 1. The molecule has 1 heterocycles. The number of carbonyl (C=O) groups is 3. The fourth-order valence-corrected chi connectivity index (χ4v) is 4.20. The first-order valence-electron chi connectivity index (χ1n) is 11.3. The monoisotopic (exact) mass is 477 g/mol. The van der Waals surface area contributed by atoms with Crippen molar-refractivity contribution in [2.75, 3.05) is 11.4 Å². The topological polar surface area (TPSA) is 78.5 Å². The fraction of sp³-hybridized carbons (Fsp3) is 0.296. The highest BCUT2D eigenvalue weighted by Crippen LogP contribution is 2.29. The fourth-order valence-electron chi connectivity index (χ4n) is 3.56. The van der Waals surface area contributed by atoms with Gasteiger partial charge < -0.3 is 10.6 Å². The second-order valence-corrected chi connectivity index (χ2v) is 9.94. The van der Waals surface area contributed by atoms with Crippen molar-refractivity contribution in [3.63, 3.8) is 0 Å². The van der Waals surface area contributed by atoms with E-state index in [2.05, 4.69) is 17.6 Å². The molecule has 6 nitrogen and oxygen atoms in total. The van der Waals surface area contributed by atoms with Gasteiger partial charge in [0, 0.05) is 11.2 Å². The molecule has 34 heavy (non-hydrogen) atoms. The highest BCUT2D eigenvalue weighted by atomic mass is 32.1. The molecule has 0 fully saturated rings. The zero-order valence-electron chi connectivity index (χ0n) is 20.0. The molecule has 1 unspecified atom stereocenters. The predicted molar refractivity (Wildman–Crippen MR) is 137 cm³/mol. The molecule has 2 aromatic carbocycles. The highest BCUT2D eigenvalue weighted by molar-refractivity contribution is 7.12. The Morgan fingerprint density at radius 2 is 1.62 bits per heavy atom. The van der Waals surface area contributed by atoms with Crippen molar-refractivity contribution in [3.8, 4) is 0 Å². The molecule has 0 radical (unpaired) electrons. The molecule has 1 aromatic heterocycles. The van der Waals surface area contributed by atoms with Crippen LogP contribution < -0.4 is 15.5 Å². The number of benzene rings is 2. The van der Waals surface area contributed by atoms with Crippen molar-refractivity contribution >= 4 is 34.7 Å². The van der Waals surface area contributed by atoms with E-state index in [-0.39, 0.29) is 24.3 Å². The van der Waals surface area contributed by atoms with E-state index in [1.807, 2.05) is 75.4 Å². The average molecular weight is 478 g/mol. The molecule has 0 aliphatic rings. The number of carbonyl (C=O) groups excluding carboxylic acids is 3. The molecule has 7 heteroatoms. The number of amides is 3. The second kappa shape index (κ2) is 11.1. The summed E-state index contributed by atoms with van der Waals surface area (Å²) in [5.74, 6) is -0.997. The van der Waals surface area contributed by atoms with Crippen LogP contribution in [0.4, 0.5) is 5.69 Å². The van der Waals surface area contributed by atoms with Gasteiger partial charge in [0.2, 0.25) is 11.8 Å². The van der Waals surface area contributed by atoms with Gasteiger partial charge in [0.15, 0.2) is 0 Å². The van der Waals surface area contributed by atoms with Gasteiger partial charge in [-0.2, -0.15) is 0 Å². The van der Waals surface area contributed by atoms with Crippen LogP contribution in [-0.2, 0) is 16.0 Å². The van der Waals surface area contributed by atoms with Gasteiger partial charge in [0.05, 0.1) is 11.4 Å². The van der Waals surface area contributed by atoms with Gasteiger partial charge in [-0.15, -0.1) is 11.3 Å². The molecule has 178 valence electrons. The number of aryl methyl sites for hydroxylation is 1. The minimum atomic E-state index is -0.904. The lowest BCUT2D eigenvalue weighted by Crippen LogP contribution is -2.51. The summed E-state index contributed by atoms with van der Waals surface area (Å²) < 4.78 is 0. The summed E-state index contributed by atoms with van der Waals surface area (Å²) in [5, 5.41) is 7.52. The molecule has 0 bridgehead atoms. The van der Waals surface area contributed by atoms with E-state index in [4.69, 9.17) is 0 Å². The molecule has 3 amide bonds. The highest BCUT2D eigenvalue weighted by Gasteiger charge is 2.34. The smallest absolute Gasteiger partial charge is 0.261 e. The molecular formula is C27H31N3O3S. The third kappa shape index (κ3) is 6.54. The van der Waals surface area contributed by atoms with Gasteiger partial charge in [0.25, 0.3) is 5.91 Å². The number of nitrogens with zero attached hydrogens (tertiary/aromatic N) is 1. The van der Waals surface area contributed by atoms with E-state index >= 15 is 0 Å². The Morgan fingerprint density at radius 3 is 2.18 bits per heavy atom. The van der Waals surface area contributed by atoms with Crippen molar-refractivity contribution in [2.24, 2.45) is 0 Å². The lowest BCUT2D eigenvalue weighted by atomic mass is 10.0. The van der Waals surface area contributed by atoms with Crippen LogP contribution in [0.15, 0.2) is 72.1 Å². The molecular weight excluding hydrogens is 446 g/mol. The second-order valence-electron chi connectivity index (χ2n) is 9.00. The van der Waals surface area contributed by atoms with E-state index in [0.717, 1.165) is 12.0 Å². The minimum absolute atomic E-state index is 0.238. The number of nitrogens with one attached hydrogen (secondary N) is 2. The van der Waals surface area contributed by atoms with Gasteiger partial charge in [-0.1, -0.05) is 55.5 Å². The maximum Gasteiger partial charge on any atom is 0.261 e. The van der Waals surface area contributed by atoms with E-state index in [1.54, 1.807) is 17.5 Å². The summed E-state index contributed by atoms with van der Waals surface area (Å²) >= 11 is 1.30. The van der Waals surface area contributed by atoms with Crippen LogP contribution in [0.3, 0.4) is 0 Å². The van der Waals surface area contributed by atoms with Crippen LogP contribution in [0.2, 0.25) is 0 Å². The van der Waals surface area contributed by atoms with Gasteiger partial charge in [-0.05, 0) is 61.9 Å². The minimum Gasteiger partial charge on any atom is -0.349 e. The van der Waals surface area contributed by atoms with Crippen molar-refractivity contribution in [1.82, 2.24) is 10.6 Å². The zero-order chi connectivity index (χ0) is 24.7. The van der Waals surface area contributed by atoms with Gasteiger partial charge >= 0.3 is 0 Å². The normalized spacial score (nSPS) is 12.0. The lowest BCUT2D eigenvalue weighted by Gasteiger charge is -2.34. The first-order valence-corrected chi connectivity index (χ1v) is 12.2. The summed E-state index contributed by atoms with van der Waals surface area (Å²) in [7, 11) is 0. The van der Waals surface area contributed by atoms with Gasteiger partial charge in [0.1, 0.15) is 6.04 Å². The van der Waals surface area contributed by atoms with E-state index in [0.29, 0.717) is 16.1 Å². The van der Waals surface area contributed by atoms with E-state index in [1.165, 1.54) is 16.2 Å². The summed E-state index contributed by atoms with van der Waals surface area (Å²) in [5.41, 5.74) is 1.91. The van der Waals surface area contributed by atoms with Crippen molar-refractivity contribution in [3.05, 3.63) is 88.1 Å². The van der Waals surface area contributed by atoms with Gasteiger partial charge in [-0.25, -0.2) is 0 Å². The number of hydrogen-bond acceptors (Lipinski definition) is 4. The Hall–Kier alpha value is -3.45. The van der Waals surface area contributed by atoms with E-state index in [9.17, 15) is 14.4 Å². The summed E-state index contributed by atoms with van der Waals surface area (Å²) in [6.07, 6.45) is 0.859. The van der Waals surface area contributed by atoms with E-state index < -0.39 is 11.6 Å². The van der Waals surface area contributed by atoms with Crippen molar-refractivity contribution < 1.29 is 14.4 Å². The average Bonchev–Trinajstić information content (AvgIpc) is 3.35. The molecule has 3 aromatic rings. The molecule has 0 aliphatic carbocycles. The number of hydrogen-bond donors (Lipinski definition) is 2. The Kier molecular flexibility index (Phi) is 8.23. The third-order valence-corrected chi connectivity index (χ3v) is 6.03. The SMILES string of the molecule is CCc1ccc(N(C(=O)CNC(=O)c2cccs2)C(C(=O)NC(C)(C)C)c2ccccc2)cc1. The van der Waals surface area contributed by atoms with Crippen LogP contribution in [0, 0.1) is 0 Å². The molecule has 1 atom stereocenters. The molecule has 0 spiro atoms. The maximum atomic E-state index is 13.6. The summed E-state index contributed by atoms with van der Waals surface area (Å²) in [6, 6.07) is 19.4. The largest absolute Gasteiger partial charge is 0.349 e. The summed E-state index contributed by atoms with van der Waals surface area (Å²) in [6.45, 7) is 7.52. The Morgan fingerprint density at radius 1 is 0.941 bits per heavy atom. The number of rotatable bonds is 8. The van der Waals surface area contributed by atoms with Gasteiger partial charge in [-0.3, -0.25) is 19.3 Å². The van der Waals surface area contributed by atoms with Crippen molar-refractivity contribution in [2.45, 2.75) is 45.7 Å². The lowest BCUT2D eigenvalue weighted by molar-refractivity contribution is -0.127. The molecule has 0 aliphatic heterocycles. The summed E-state index contributed by atoms with van der Waals surface area (Å²) in [4.78, 5) is 41.6. The van der Waals surface area contributed by atoms with Crippen molar-refractivity contribution in [1.29, 1.82) is 0 Å². The number of anilines is 1. The molecule has 3 rings (SSSR count). The molecule has 0 saturated carbocycles. The molecule has 2 N–H and O–H groups in total. The van der Waals surface area contributed by atoms with Crippen LogP contribution in [-0.4, -0.2) is 29.8 Å². The van der Waals surface area contributed by atoms with Crippen LogP contribution in [0.1, 0.15) is 54.5 Å². The van der Waals surface area contributed by atoms with Crippen LogP contribution in [0.5, 0.6) is 0 Å².